The lowest BCUT2D eigenvalue weighted by atomic mass is 10.2. The van der Waals surface area contributed by atoms with E-state index in [9.17, 15) is 4.79 Å². The van der Waals surface area contributed by atoms with Gasteiger partial charge in [0.25, 0.3) is 0 Å². The molecule has 0 atom stereocenters. The van der Waals surface area contributed by atoms with E-state index in [1.807, 2.05) is 25.7 Å². The van der Waals surface area contributed by atoms with Crippen LogP contribution in [-0.2, 0) is 4.79 Å². The molecule has 0 unspecified atom stereocenters. The number of anilines is 2. The largest absolute Gasteiger partial charge is 0.383 e. The minimum absolute atomic E-state index is 0.118. The molecule has 0 aliphatic heterocycles. The van der Waals surface area contributed by atoms with Gasteiger partial charge in [0.1, 0.15) is 17.5 Å². The fourth-order valence-electron chi connectivity index (χ4n) is 2.01. The Labute approximate surface area is 113 Å². The quantitative estimate of drug-likeness (QED) is 0.824. The van der Waals surface area contributed by atoms with Crippen LogP contribution in [0.1, 0.15) is 44.0 Å². The van der Waals surface area contributed by atoms with Gasteiger partial charge in [-0.25, -0.2) is 9.97 Å². The maximum Gasteiger partial charge on any atom is 0.237 e. The molecule has 104 valence electrons. The van der Waals surface area contributed by atoms with Crippen molar-refractivity contribution in [1.29, 1.82) is 0 Å². The molecule has 19 heavy (non-hydrogen) atoms. The molecule has 4 N–H and O–H groups in total. The Morgan fingerprint density at radius 2 is 2.05 bits per heavy atom. The van der Waals surface area contributed by atoms with E-state index in [-0.39, 0.29) is 18.5 Å². The van der Waals surface area contributed by atoms with Crippen molar-refractivity contribution < 1.29 is 4.79 Å². The Kier molecular flexibility index (Phi) is 3.59. The molecule has 0 saturated heterocycles. The molecule has 1 heterocycles. The van der Waals surface area contributed by atoms with E-state index in [1.54, 1.807) is 0 Å². The Balaban J connectivity index is 2.42. The van der Waals surface area contributed by atoms with Crippen LogP contribution in [0.5, 0.6) is 0 Å². The van der Waals surface area contributed by atoms with Gasteiger partial charge in [-0.05, 0) is 33.6 Å². The first-order valence-corrected chi connectivity index (χ1v) is 6.59. The number of nitrogens with two attached hydrogens (primary N) is 2. The van der Waals surface area contributed by atoms with Gasteiger partial charge in [0.05, 0.1) is 6.54 Å². The van der Waals surface area contributed by atoms with Gasteiger partial charge >= 0.3 is 0 Å². The molecule has 1 aromatic rings. The second-order valence-corrected chi connectivity index (χ2v) is 5.38. The van der Waals surface area contributed by atoms with Crippen molar-refractivity contribution >= 4 is 17.5 Å². The highest BCUT2D eigenvalue weighted by molar-refractivity contribution is 5.80. The molecular weight excluding hydrogens is 242 g/mol. The summed E-state index contributed by atoms with van der Waals surface area (Å²) in [7, 11) is 0. The smallest absolute Gasteiger partial charge is 0.237 e. The third-order valence-electron chi connectivity index (χ3n) is 3.34. The maximum atomic E-state index is 11.2. The first kappa shape index (κ1) is 13.6. The topological polar surface area (TPSA) is 98.1 Å². The van der Waals surface area contributed by atoms with Crippen LogP contribution in [0, 0.1) is 6.92 Å². The van der Waals surface area contributed by atoms with Gasteiger partial charge in [-0.1, -0.05) is 0 Å². The summed E-state index contributed by atoms with van der Waals surface area (Å²) in [5.41, 5.74) is 12.1. The predicted octanol–water partition coefficient (Wildman–Crippen LogP) is 0.945. The SMILES string of the molecule is Cc1c(N)nc(C2CC2)nc1N(CC(N)=O)C(C)C. The molecule has 1 fully saturated rings. The molecule has 1 amide bonds. The van der Waals surface area contributed by atoms with Crippen LogP contribution in [0.15, 0.2) is 0 Å². The number of aromatic nitrogens is 2. The molecule has 0 aromatic carbocycles. The van der Waals surface area contributed by atoms with Crippen molar-refractivity contribution in [2.75, 3.05) is 17.2 Å². The van der Waals surface area contributed by atoms with Crippen molar-refractivity contribution in [1.82, 2.24) is 9.97 Å². The second-order valence-electron chi connectivity index (χ2n) is 5.38. The lowest BCUT2D eigenvalue weighted by Crippen LogP contribution is -2.39. The van der Waals surface area contributed by atoms with Crippen molar-refractivity contribution in [3.05, 3.63) is 11.4 Å². The number of carbonyl (C=O) groups excluding carboxylic acids is 1. The van der Waals surface area contributed by atoms with E-state index < -0.39 is 0 Å². The number of primary amides is 1. The van der Waals surface area contributed by atoms with Gasteiger partial charge in [0.15, 0.2) is 0 Å². The number of carbonyl (C=O) groups is 1. The zero-order valence-corrected chi connectivity index (χ0v) is 11.7. The zero-order chi connectivity index (χ0) is 14.2. The summed E-state index contributed by atoms with van der Waals surface area (Å²) >= 11 is 0. The molecule has 6 heteroatoms. The predicted molar refractivity (Wildman–Crippen MR) is 74.8 cm³/mol. The van der Waals surface area contributed by atoms with Crippen molar-refractivity contribution in [3.63, 3.8) is 0 Å². The zero-order valence-electron chi connectivity index (χ0n) is 11.7. The van der Waals surface area contributed by atoms with Gasteiger partial charge in [0.2, 0.25) is 5.91 Å². The average molecular weight is 263 g/mol. The third kappa shape index (κ3) is 2.94. The molecule has 2 rings (SSSR count). The van der Waals surface area contributed by atoms with Crippen molar-refractivity contribution in [3.8, 4) is 0 Å². The van der Waals surface area contributed by atoms with Gasteiger partial charge in [-0.3, -0.25) is 4.79 Å². The third-order valence-corrected chi connectivity index (χ3v) is 3.34. The van der Waals surface area contributed by atoms with Crippen LogP contribution < -0.4 is 16.4 Å². The molecule has 1 aliphatic rings. The lowest BCUT2D eigenvalue weighted by molar-refractivity contribution is -0.116. The normalized spacial score (nSPS) is 14.7. The highest BCUT2D eigenvalue weighted by atomic mass is 16.1. The molecular formula is C13H21N5O. The molecule has 6 nitrogen and oxygen atoms in total. The van der Waals surface area contributed by atoms with E-state index in [4.69, 9.17) is 11.5 Å². The van der Waals surface area contributed by atoms with Gasteiger partial charge < -0.3 is 16.4 Å². The summed E-state index contributed by atoms with van der Waals surface area (Å²) in [6.07, 6.45) is 2.22. The van der Waals surface area contributed by atoms with Crippen molar-refractivity contribution in [2.24, 2.45) is 5.73 Å². The van der Waals surface area contributed by atoms with Gasteiger partial charge in [-0.15, -0.1) is 0 Å². The van der Waals surface area contributed by atoms with Crippen LogP contribution >= 0.6 is 0 Å². The van der Waals surface area contributed by atoms with Crippen LogP contribution in [-0.4, -0.2) is 28.5 Å². The summed E-state index contributed by atoms with van der Waals surface area (Å²) in [6.45, 7) is 6.01. The monoisotopic (exact) mass is 263 g/mol. The van der Waals surface area contributed by atoms with Crippen LogP contribution in [0.2, 0.25) is 0 Å². The second kappa shape index (κ2) is 5.03. The van der Waals surface area contributed by atoms with Crippen molar-refractivity contribution in [2.45, 2.75) is 45.6 Å². The highest BCUT2D eigenvalue weighted by Crippen LogP contribution is 2.39. The van der Waals surface area contributed by atoms with Gasteiger partial charge in [-0.2, -0.15) is 0 Å². The van der Waals surface area contributed by atoms with Crippen LogP contribution in [0.4, 0.5) is 11.6 Å². The summed E-state index contributed by atoms with van der Waals surface area (Å²) < 4.78 is 0. The average Bonchev–Trinajstić information content (AvgIpc) is 3.13. The molecule has 0 bridgehead atoms. The first-order chi connectivity index (χ1) is 8.90. The number of rotatable bonds is 5. The number of hydrogen-bond acceptors (Lipinski definition) is 5. The van der Waals surface area contributed by atoms with E-state index in [1.165, 1.54) is 0 Å². The molecule has 1 aliphatic carbocycles. The maximum absolute atomic E-state index is 11.2. The molecule has 1 saturated carbocycles. The Bertz CT molecular complexity index is 496. The number of amides is 1. The number of hydrogen-bond donors (Lipinski definition) is 2. The van der Waals surface area contributed by atoms with E-state index in [2.05, 4.69) is 9.97 Å². The molecule has 1 aromatic heterocycles. The fourth-order valence-corrected chi connectivity index (χ4v) is 2.01. The first-order valence-electron chi connectivity index (χ1n) is 6.59. The standard InChI is InChI=1S/C13H21N5O/c1-7(2)18(6-10(14)19)13-8(3)11(15)16-12(17-13)9-4-5-9/h7,9H,4-6H2,1-3H3,(H2,14,19)(H2,15,16,17). The lowest BCUT2D eigenvalue weighted by Gasteiger charge is -2.28. The highest BCUT2D eigenvalue weighted by Gasteiger charge is 2.29. The summed E-state index contributed by atoms with van der Waals surface area (Å²) in [4.78, 5) is 22.0. The number of nitrogens with zero attached hydrogens (tertiary/aromatic N) is 3. The Hall–Kier alpha value is -1.85. The number of nitrogen functional groups attached to an aromatic ring is 1. The molecule has 0 spiro atoms. The summed E-state index contributed by atoms with van der Waals surface area (Å²) in [5, 5.41) is 0. The fraction of sp³-hybridized carbons (Fsp3) is 0.615. The molecule has 0 radical (unpaired) electrons. The van der Waals surface area contributed by atoms with Crippen LogP contribution in [0.25, 0.3) is 0 Å². The van der Waals surface area contributed by atoms with Crippen LogP contribution in [0.3, 0.4) is 0 Å². The van der Waals surface area contributed by atoms with E-state index in [0.29, 0.717) is 11.7 Å². The summed E-state index contributed by atoms with van der Waals surface area (Å²) in [5.74, 6) is 2.04. The van der Waals surface area contributed by atoms with Gasteiger partial charge in [0, 0.05) is 17.5 Å². The van der Waals surface area contributed by atoms with E-state index in [0.717, 1.165) is 30.0 Å². The summed E-state index contributed by atoms with van der Waals surface area (Å²) in [6, 6.07) is 0.118. The Morgan fingerprint density at radius 3 is 2.53 bits per heavy atom. The van der Waals surface area contributed by atoms with E-state index >= 15 is 0 Å². The minimum Gasteiger partial charge on any atom is -0.383 e. The minimum atomic E-state index is -0.377. The Morgan fingerprint density at radius 1 is 1.42 bits per heavy atom.